The zero-order valence-electron chi connectivity index (χ0n) is 10.9. The molecule has 0 fully saturated rings. The predicted molar refractivity (Wildman–Crippen MR) is 81.6 cm³/mol. The van der Waals surface area contributed by atoms with Crippen LogP contribution in [0.2, 0.25) is 5.02 Å². The number of nitrogens with zero attached hydrogens (tertiary/aromatic N) is 1. The smallest absolute Gasteiger partial charge is 0.271 e. The van der Waals surface area contributed by atoms with E-state index in [2.05, 4.69) is 22.0 Å². The Hall–Kier alpha value is -0.980. The van der Waals surface area contributed by atoms with Crippen molar-refractivity contribution in [1.29, 1.82) is 0 Å². The molecule has 1 rings (SSSR count). The number of rotatable bonds is 8. The molecule has 106 valence electrons. The van der Waals surface area contributed by atoms with Crippen LogP contribution in [0, 0.1) is 0 Å². The van der Waals surface area contributed by atoms with Gasteiger partial charge >= 0.3 is 0 Å². The second-order valence-corrected chi connectivity index (χ2v) is 5.37. The molecule has 4 N–H and O–H groups in total. The van der Waals surface area contributed by atoms with Crippen LogP contribution in [0.5, 0.6) is 0 Å². The SMILES string of the molecule is CSCCCCCNC(=O)c1nc(NN)ccc1Cl. The number of hydrazine groups is 1. The fourth-order valence-electron chi connectivity index (χ4n) is 1.52. The van der Waals surface area contributed by atoms with Crippen molar-refractivity contribution in [2.24, 2.45) is 5.84 Å². The number of halogens is 1. The lowest BCUT2D eigenvalue weighted by molar-refractivity contribution is 0.0948. The average Bonchev–Trinajstić information content (AvgIpc) is 2.43. The van der Waals surface area contributed by atoms with E-state index < -0.39 is 0 Å². The summed E-state index contributed by atoms with van der Waals surface area (Å²) >= 11 is 7.77. The average molecular weight is 303 g/mol. The van der Waals surface area contributed by atoms with Gasteiger partial charge in [-0.3, -0.25) is 4.79 Å². The maximum Gasteiger partial charge on any atom is 0.271 e. The molecule has 0 bridgehead atoms. The molecule has 5 nitrogen and oxygen atoms in total. The molecule has 0 spiro atoms. The van der Waals surface area contributed by atoms with E-state index >= 15 is 0 Å². The lowest BCUT2D eigenvalue weighted by Gasteiger charge is -2.07. The van der Waals surface area contributed by atoms with Gasteiger partial charge in [-0.15, -0.1) is 0 Å². The topological polar surface area (TPSA) is 80.0 Å². The van der Waals surface area contributed by atoms with Gasteiger partial charge in [0, 0.05) is 6.54 Å². The van der Waals surface area contributed by atoms with E-state index in [1.807, 2.05) is 11.8 Å². The number of carbonyl (C=O) groups excluding carboxylic acids is 1. The van der Waals surface area contributed by atoms with Crippen molar-refractivity contribution in [3.63, 3.8) is 0 Å². The molecule has 0 aliphatic carbocycles. The predicted octanol–water partition coefficient (Wildman–Crippen LogP) is 2.28. The summed E-state index contributed by atoms with van der Waals surface area (Å²) in [5, 5.41) is 3.13. The van der Waals surface area contributed by atoms with Gasteiger partial charge in [-0.1, -0.05) is 18.0 Å². The maximum atomic E-state index is 11.9. The third-order valence-corrected chi connectivity index (χ3v) is 3.52. The highest BCUT2D eigenvalue weighted by atomic mass is 35.5. The molecular weight excluding hydrogens is 284 g/mol. The van der Waals surface area contributed by atoms with Crippen molar-refractivity contribution in [3.8, 4) is 0 Å². The fourth-order valence-corrected chi connectivity index (χ4v) is 2.20. The molecule has 1 heterocycles. The van der Waals surface area contributed by atoms with Crippen LogP contribution in [0.3, 0.4) is 0 Å². The van der Waals surface area contributed by atoms with Crippen molar-refractivity contribution in [2.45, 2.75) is 19.3 Å². The summed E-state index contributed by atoms with van der Waals surface area (Å²) in [5.74, 6) is 6.55. The summed E-state index contributed by atoms with van der Waals surface area (Å²) < 4.78 is 0. The third-order valence-electron chi connectivity index (χ3n) is 2.52. The number of nitrogens with one attached hydrogen (secondary N) is 2. The molecular formula is C12H19ClN4OS. The van der Waals surface area contributed by atoms with Crippen LogP contribution < -0.4 is 16.6 Å². The Bertz CT molecular complexity index is 417. The van der Waals surface area contributed by atoms with E-state index in [1.54, 1.807) is 12.1 Å². The molecule has 1 aromatic rings. The van der Waals surface area contributed by atoms with Crippen molar-refractivity contribution >= 4 is 35.1 Å². The molecule has 0 aliphatic heterocycles. The number of nitrogen functional groups attached to an aromatic ring is 1. The van der Waals surface area contributed by atoms with E-state index in [-0.39, 0.29) is 11.6 Å². The summed E-state index contributed by atoms with van der Waals surface area (Å²) in [6.07, 6.45) is 5.32. The molecule has 0 aromatic carbocycles. The first kappa shape index (κ1) is 16.1. The number of hydrogen-bond donors (Lipinski definition) is 3. The van der Waals surface area contributed by atoms with Crippen LogP contribution in [0.25, 0.3) is 0 Å². The molecule has 0 saturated carbocycles. The normalized spacial score (nSPS) is 10.3. The Morgan fingerprint density at radius 3 is 2.89 bits per heavy atom. The number of thioether (sulfide) groups is 1. The number of aromatic nitrogens is 1. The van der Waals surface area contributed by atoms with Crippen LogP contribution in [-0.4, -0.2) is 29.4 Å². The van der Waals surface area contributed by atoms with Gasteiger partial charge < -0.3 is 10.7 Å². The van der Waals surface area contributed by atoms with Gasteiger partial charge in [0.15, 0.2) is 0 Å². The summed E-state index contributed by atoms with van der Waals surface area (Å²) in [6.45, 7) is 0.630. The van der Waals surface area contributed by atoms with Crippen LogP contribution in [0.15, 0.2) is 12.1 Å². The molecule has 0 atom stereocenters. The number of pyridine rings is 1. The van der Waals surface area contributed by atoms with Crippen molar-refractivity contribution in [2.75, 3.05) is 24.0 Å². The minimum Gasteiger partial charge on any atom is -0.351 e. The van der Waals surface area contributed by atoms with Crippen molar-refractivity contribution in [1.82, 2.24) is 10.3 Å². The van der Waals surface area contributed by atoms with Gasteiger partial charge in [0.2, 0.25) is 0 Å². The number of amides is 1. The summed E-state index contributed by atoms with van der Waals surface area (Å²) in [6, 6.07) is 3.21. The van der Waals surface area contributed by atoms with Crippen molar-refractivity contribution in [3.05, 3.63) is 22.8 Å². The molecule has 19 heavy (non-hydrogen) atoms. The second-order valence-electron chi connectivity index (χ2n) is 3.98. The van der Waals surface area contributed by atoms with Gasteiger partial charge in [-0.2, -0.15) is 11.8 Å². The number of nitrogens with two attached hydrogens (primary N) is 1. The minimum atomic E-state index is -0.271. The summed E-state index contributed by atoms with van der Waals surface area (Å²) in [5.41, 5.74) is 2.58. The Morgan fingerprint density at radius 1 is 1.42 bits per heavy atom. The van der Waals surface area contributed by atoms with Crippen LogP contribution in [0.1, 0.15) is 29.8 Å². The first-order chi connectivity index (χ1) is 9.19. The number of carbonyl (C=O) groups is 1. The highest BCUT2D eigenvalue weighted by molar-refractivity contribution is 7.98. The Balaban J connectivity index is 2.40. The van der Waals surface area contributed by atoms with Crippen LogP contribution >= 0.6 is 23.4 Å². The highest BCUT2D eigenvalue weighted by Crippen LogP contribution is 2.16. The molecule has 0 saturated heterocycles. The third kappa shape index (κ3) is 5.67. The Labute approximate surface area is 122 Å². The Kier molecular flexibility index (Phi) is 7.62. The lowest BCUT2D eigenvalue weighted by atomic mass is 10.2. The van der Waals surface area contributed by atoms with Gasteiger partial charge in [0.25, 0.3) is 5.91 Å². The zero-order chi connectivity index (χ0) is 14.1. The number of unbranched alkanes of at least 4 members (excludes halogenated alkanes) is 2. The first-order valence-corrected chi connectivity index (χ1v) is 7.86. The van der Waals surface area contributed by atoms with Gasteiger partial charge in [-0.25, -0.2) is 10.8 Å². The molecule has 7 heteroatoms. The van der Waals surface area contributed by atoms with E-state index in [9.17, 15) is 4.79 Å². The van der Waals surface area contributed by atoms with Gasteiger partial charge in [0.05, 0.1) is 5.02 Å². The molecule has 0 unspecified atom stereocenters. The van der Waals surface area contributed by atoms with E-state index in [1.165, 1.54) is 6.42 Å². The van der Waals surface area contributed by atoms with E-state index in [4.69, 9.17) is 17.4 Å². The molecule has 1 amide bonds. The quantitative estimate of drug-likeness (QED) is 0.390. The molecule has 1 aromatic heterocycles. The fraction of sp³-hybridized carbons (Fsp3) is 0.500. The molecule has 0 aliphatic rings. The second kappa shape index (κ2) is 9.01. The van der Waals surface area contributed by atoms with E-state index in [0.29, 0.717) is 17.4 Å². The monoisotopic (exact) mass is 302 g/mol. The van der Waals surface area contributed by atoms with Crippen molar-refractivity contribution < 1.29 is 4.79 Å². The first-order valence-electron chi connectivity index (χ1n) is 6.09. The molecule has 0 radical (unpaired) electrons. The summed E-state index contributed by atoms with van der Waals surface area (Å²) in [7, 11) is 0. The van der Waals surface area contributed by atoms with Crippen LogP contribution in [0.4, 0.5) is 5.82 Å². The standard InChI is InChI=1S/C12H19ClN4OS/c1-19-8-4-2-3-7-15-12(18)11-9(13)5-6-10(16-11)17-14/h5-6H,2-4,7-8,14H2,1H3,(H,15,18)(H,16,17). The number of hydrogen-bond acceptors (Lipinski definition) is 5. The maximum absolute atomic E-state index is 11.9. The lowest BCUT2D eigenvalue weighted by Crippen LogP contribution is -2.26. The van der Waals surface area contributed by atoms with Gasteiger partial charge in [0.1, 0.15) is 11.5 Å². The zero-order valence-corrected chi connectivity index (χ0v) is 12.5. The minimum absolute atomic E-state index is 0.196. The number of anilines is 1. The Morgan fingerprint density at radius 2 is 2.21 bits per heavy atom. The highest BCUT2D eigenvalue weighted by Gasteiger charge is 2.12. The largest absolute Gasteiger partial charge is 0.351 e. The van der Waals surface area contributed by atoms with Gasteiger partial charge in [-0.05, 0) is 37.0 Å². The van der Waals surface area contributed by atoms with E-state index in [0.717, 1.165) is 18.6 Å². The van der Waals surface area contributed by atoms with Crippen LogP contribution in [-0.2, 0) is 0 Å². The summed E-state index contributed by atoms with van der Waals surface area (Å²) in [4.78, 5) is 15.9.